The number of carbonyl (C=O) groups is 2. The van der Waals surface area contributed by atoms with Gasteiger partial charge in [0.05, 0.1) is 0 Å². The average Bonchev–Trinajstić information content (AvgIpc) is 2.58. The molecule has 2 amide bonds. The number of thioether (sulfide) groups is 1. The molecule has 114 valence electrons. The van der Waals surface area contributed by atoms with Gasteiger partial charge in [0.25, 0.3) is 0 Å². The van der Waals surface area contributed by atoms with Crippen molar-refractivity contribution in [2.75, 3.05) is 24.6 Å². The molecule has 2 saturated heterocycles. The molecule has 2 rings (SSSR count). The first-order valence-electron chi connectivity index (χ1n) is 7.82. The van der Waals surface area contributed by atoms with Gasteiger partial charge in [-0.2, -0.15) is 11.8 Å². The van der Waals surface area contributed by atoms with Crippen LogP contribution < -0.4 is 0 Å². The van der Waals surface area contributed by atoms with Crippen molar-refractivity contribution < 1.29 is 9.59 Å². The SMILES string of the molecule is CCSCCC(C)N1CCC(=O)N2CCCCC2C1=O. The summed E-state index contributed by atoms with van der Waals surface area (Å²) in [6, 6.07) is 0.0660. The predicted molar refractivity (Wildman–Crippen MR) is 82.8 cm³/mol. The van der Waals surface area contributed by atoms with Crippen LogP contribution in [0, 0.1) is 0 Å². The maximum atomic E-state index is 12.7. The second kappa shape index (κ2) is 7.34. The molecule has 0 saturated carbocycles. The highest BCUT2D eigenvalue weighted by atomic mass is 32.2. The summed E-state index contributed by atoms with van der Waals surface area (Å²) in [4.78, 5) is 28.7. The molecule has 2 atom stereocenters. The van der Waals surface area contributed by atoms with Gasteiger partial charge >= 0.3 is 0 Å². The molecule has 2 aliphatic rings. The van der Waals surface area contributed by atoms with E-state index in [1.807, 2.05) is 21.6 Å². The minimum Gasteiger partial charge on any atom is -0.338 e. The largest absolute Gasteiger partial charge is 0.338 e. The Bertz CT molecular complexity index is 362. The third-order valence-electron chi connectivity index (χ3n) is 4.37. The molecule has 0 aliphatic carbocycles. The first-order chi connectivity index (χ1) is 9.65. The van der Waals surface area contributed by atoms with Gasteiger partial charge in [0.2, 0.25) is 11.8 Å². The first kappa shape index (κ1) is 15.7. The maximum Gasteiger partial charge on any atom is 0.245 e. The van der Waals surface area contributed by atoms with E-state index in [-0.39, 0.29) is 23.9 Å². The molecule has 2 aliphatic heterocycles. The standard InChI is InChI=1S/C15H26N2O2S/c1-3-20-11-8-12(2)16-10-7-14(18)17-9-5-4-6-13(17)15(16)19/h12-13H,3-11H2,1-2H3. The zero-order valence-electron chi connectivity index (χ0n) is 12.6. The fraction of sp³-hybridized carbons (Fsp3) is 0.867. The number of hydrogen-bond donors (Lipinski definition) is 0. The molecule has 0 aromatic heterocycles. The normalized spacial score (nSPS) is 25.4. The first-order valence-corrected chi connectivity index (χ1v) is 8.98. The van der Waals surface area contributed by atoms with E-state index in [0.29, 0.717) is 13.0 Å². The number of rotatable bonds is 5. The predicted octanol–water partition coefficient (Wildman–Crippen LogP) is 2.13. The molecule has 0 spiro atoms. The fourth-order valence-electron chi connectivity index (χ4n) is 3.14. The summed E-state index contributed by atoms with van der Waals surface area (Å²) in [6.45, 7) is 5.65. The Morgan fingerprint density at radius 3 is 2.85 bits per heavy atom. The molecule has 2 fully saturated rings. The molecule has 0 radical (unpaired) electrons. The lowest BCUT2D eigenvalue weighted by atomic mass is 10.0. The lowest BCUT2D eigenvalue weighted by Gasteiger charge is -2.36. The Balaban J connectivity index is 2.02. The van der Waals surface area contributed by atoms with Gasteiger partial charge in [0.15, 0.2) is 0 Å². The number of carbonyl (C=O) groups excluding carboxylic acids is 2. The van der Waals surface area contributed by atoms with Crippen LogP contribution >= 0.6 is 11.8 Å². The zero-order valence-corrected chi connectivity index (χ0v) is 13.5. The van der Waals surface area contributed by atoms with Gasteiger partial charge in [-0.1, -0.05) is 6.92 Å². The van der Waals surface area contributed by atoms with Crippen LogP contribution in [0.5, 0.6) is 0 Å². The number of nitrogens with zero attached hydrogens (tertiary/aromatic N) is 2. The third kappa shape index (κ3) is 3.48. The number of hydrogen-bond acceptors (Lipinski definition) is 3. The summed E-state index contributed by atoms with van der Waals surface area (Å²) in [5.74, 6) is 2.56. The highest BCUT2D eigenvalue weighted by Crippen LogP contribution is 2.24. The van der Waals surface area contributed by atoms with Crippen molar-refractivity contribution in [2.45, 2.75) is 58.0 Å². The van der Waals surface area contributed by atoms with Crippen molar-refractivity contribution in [3.8, 4) is 0 Å². The van der Waals surface area contributed by atoms with E-state index in [1.54, 1.807) is 0 Å². The highest BCUT2D eigenvalue weighted by molar-refractivity contribution is 7.99. The lowest BCUT2D eigenvalue weighted by Crippen LogP contribution is -2.51. The molecule has 0 N–H and O–H groups in total. The van der Waals surface area contributed by atoms with E-state index in [4.69, 9.17) is 0 Å². The molecule has 4 nitrogen and oxygen atoms in total. The van der Waals surface area contributed by atoms with E-state index < -0.39 is 0 Å². The Kier molecular flexibility index (Phi) is 5.75. The molecule has 0 aromatic carbocycles. The summed E-state index contributed by atoms with van der Waals surface area (Å²) in [7, 11) is 0. The molecular formula is C15H26N2O2S. The summed E-state index contributed by atoms with van der Waals surface area (Å²) >= 11 is 1.91. The average molecular weight is 298 g/mol. The smallest absolute Gasteiger partial charge is 0.245 e. The monoisotopic (exact) mass is 298 g/mol. The van der Waals surface area contributed by atoms with Crippen molar-refractivity contribution >= 4 is 23.6 Å². The summed E-state index contributed by atoms with van der Waals surface area (Å²) in [5.41, 5.74) is 0. The zero-order chi connectivity index (χ0) is 14.5. The molecule has 2 heterocycles. The van der Waals surface area contributed by atoms with Crippen molar-refractivity contribution in [1.29, 1.82) is 0 Å². The molecular weight excluding hydrogens is 272 g/mol. The molecule has 5 heteroatoms. The van der Waals surface area contributed by atoms with Gasteiger partial charge in [-0.3, -0.25) is 9.59 Å². The van der Waals surface area contributed by atoms with E-state index in [0.717, 1.165) is 43.7 Å². The third-order valence-corrected chi connectivity index (χ3v) is 5.31. The minimum absolute atomic E-state index is 0.167. The van der Waals surface area contributed by atoms with Crippen LogP contribution in [-0.2, 0) is 9.59 Å². The van der Waals surface area contributed by atoms with Crippen LogP contribution in [-0.4, -0.2) is 58.3 Å². The van der Waals surface area contributed by atoms with Crippen LogP contribution in [0.2, 0.25) is 0 Å². The molecule has 0 aromatic rings. The summed E-state index contributed by atoms with van der Waals surface area (Å²) in [6.07, 6.45) is 4.46. The Morgan fingerprint density at radius 1 is 1.30 bits per heavy atom. The van der Waals surface area contributed by atoms with Crippen LogP contribution in [0.3, 0.4) is 0 Å². The van der Waals surface area contributed by atoms with Crippen LogP contribution in [0.25, 0.3) is 0 Å². The van der Waals surface area contributed by atoms with Crippen molar-refractivity contribution in [3.05, 3.63) is 0 Å². The van der Waals surface area contributed by atoms with Gasteiger partial charge in [-0.25, -0.2) is 0 Å². The van der Waals surface area contributed by atoms with Crippen molar-refractivity contribution in [1.82, 2.24) is 9.80 Å². The minimum atomic E-state index is -0.181. The van der Waals surface area contributed by atoms with E-state index in [2.05, 4.69) is 13.8 Å². The lowest BCUT2D eigenvalue weighted by molar-refractivity contribution is -0.144. The number of fused-ring (bicyclic) bond motifs is 1. The van der Waals surface area contributed by atoms with E-state index >= 15 is 0 Å². The Hall–Kier alpha value is -0.710. The topological polar surface area (TPSA) is 40.6 Å². The highest BCUT2D eigenvalue weighted by Gasteiger charge is 2.38. The van der Waals surface area contributed by atoms with Crippen molar-refractivity contribution in [2.24, 2.45) is 0 Å². The van der Waals surface area contributed by atoms with Gasteiger partial charge in [0.1, 0.15) is 6.04 Å². The van der Waals surface area contributed by atoms with Crippen LogP contribution in [0.1, 0.15) is 46.0 Å². The number of amides is 2. The second-order valence-electron chi connectivity index (χ2n) is 5.71. The maximum absolute atomic E-state index is 12.7. The summed E-state index contributed by atoms with van der Waals surface area (Å²) < 4.78 is 0. The van der Waals surface area contributed by atoms with Gasteiger partial charge in [-0.05, 0) is 44.1 Å². The molecule has 0 bridgehead atoms. The Morgan fingerprint density at radius 2 is 2.10 bits per heavy atom. The van der Waals surface area contributed by atoms with Gasteiger partial charge in [0, 0.05) is 25.6 Å². The van der Waals surface area contributed by atoms with Crippen molar-refractivity contribution in [3.63, 3.8) is 0 Å². The molecule has 20 heavy (non-hydrogen) atoms. The summed E-state index contributed by atoms with van der Waals surface area (Å²) in [5, 5.41) is 0. The molecule has 2 unspecified atom stereocenters. The quantitative estimate of drug-likeness (QED) is 0.730. The van der Waals surface area contributed by atoms with Crippen LogP contribution in [0.4, 0.5) is 0 Å². The van der Waals surface area contributed by atoms with Crippen LogP contribution in [0.15, 0.2) is 0 Å². The number of piperidine rings is 1. The fourth-order valence-corrected chi connectivity index (χ4v) is 3.94. The van der Waals surface area contributed by atoms with E-state index in [1.165, 1.54) is 0 Å². The van der Waals surface area contributed by atoms with E-state index in [9.17, 15) is 9.59 Å². The second-order valence-corrected chi connectivity index (χ2v) is 7.11. The van der Waals surface area contributed by atoms with Gasteiger partial charge in [-0.15, -0.1) is 0 Å². The van der Waals surface area contributed by atoms with Gasteiger partial charge < -0.3 is 9.80 Å². The Labute approximate surface area is 126 Å².